The number of benzene rings is 6. The van der Waals surface area contributed by atoms with Gasteiger partial charge in [0, 0.05) is 40.0 Å². The fraction of sp³-hybridized carbons (Fsp3) is 0.0250. The highest BCUT2D eigenvalue weighted by Gasteiger charge is 2.34. The molecule has 1 amide bonds. The van der Waals surface area contributed by atoms with E-state index in [1.165, 1.54) is 18.2 Å². The van der Waals surface area contributed by atoms with Gasteiger partial charge in [-0.25, -0.2) is 0 Å². The second kappa shape index (κ2) is 15.0. The molecule has 7 nitrogen and oxygen atoms in total. The number of phenols is 1. The van der Waals surface area contributed by atoms with E-state index in [1.807, 2.05) is 97.1 Å². The summed E-state index contributed by atoms with van der Waals surface area (Å²) in [5.41, 5.74) is 0.452. The molecule has 6 aromatic carbocycles. The zero-order valence-corrected chi connectivity index (χ0v) is 28.8. The average Bonchev–Trinajstić information content (AvgIpc) is 3.14. The standard InChI is InChI=1S/C40H29Cl2N2O5P/c41-29-23-28(38(45)34(25-29)40(47)43-36-22-21-30(44(48)49)26-35(36)42)24-37(39(46)27-13-5-1-6-14-27)50(31-15-7-2-8-16-31,32-17-9-3-10-18-32)33-19-11-4-12-20-33/h1-23,25-26,45H,24H2,(H,43,47). The van der Waals surface area contributed by atoms with Gasteiger partial charge in [-0.05, 0) is 41.0 Å². The molecule has 0 aliphatic carbocycles. The van der Waals surface area contributed by atoms with Gasteiger partial charge in [0.15, 0.2) is 5.78 Å². The van der Waals surface area contributed by atoms with Crippen molar-refractivity contribution in [2.45, 2.75) is 6.42 Å². The van der Waals surface area contributed by atoms with Gasteiger partial charge in [0.25, 0.3) is 11.6 Å². The number of hydrogen-bond acceptors (Lipinski definition) is 5. The van der Waals surface area contributed by atoms with Crippen molar-refractivity contribution in [2.75, 3.05) is 5.32 Å². The van der Waals surface area contributed by atoms with Gasteiger partial charge in [-0.3, -0.25) is 19.7 Å². The Hall–Kier alpha value is -5.46. The van der Waals surface area contributed by atoms with Crippen LogP contribution < -0.4 is 21.2 Å². The number of nitrogens with one attached hydrogen (secondary N) is 1. The number of carbonyl (C=O) groups is 2. The largest absolute Gasteiger partial charge is 0.507 e. The Morgan fingerprint density at radius 2 is 1.20 bits per heavy atom. The maximum Gasteiger partial charge on any atom is 0.271 e. The van der Waals surface area contributed by atoms with Gasteiger partial charge in [-0.2, -0.15) is 0 Å². The molecule has 10 heteroatoms. The van der Waals surface area contributed by atoms with Gasteiger partial charge in [0.2, 0.25) is 0 Å². The molecule has 0 atom stereocenters. The number of non-ortho nitro benzene ring substituents is 1. The summed E-state index contributed by atoms with van der Waals surface area (Å²) in [6.45, 7) is -2.96. The van der Waals surface area contributed by atoms with Gasteiger partial charge >= 0.3 is 0 Å². The Kier molecular flexibility index (Phi) is 10.3. The number of Topliss-reactive ketones (excluding diaryl/α,β-unsaturated/α-hetero) is 1. The lowest BCUT2D eigenvalue weighted by Crippen LogP contribution is -2.34. The fourth-order valence-electron chi connectivity index (χ4n) is 6.03. The van der Waals surface area contributed by atoms with Crippen molar-refractivity contribution in [3.63, 3.8) is 0 Å². The molecule has 6 aromatic rings. The second-order valence-corrected chi connectivity index (χ2v) is 15.6. The molecule has 0 fully saturated rings. The Balaban J connectivity index is 1.61. The van der Waals surface area contributed by atoms with Crippen LogP contribution in [-0.4, -0.2) is 27.0 Å². The molecule has 0 heterocycles. The second-order valence-electron chi connectivity index (χ2n) is 11.3. The van der Waals surface area contributed by atoms with E-state index in [2.05, 4.69) is 5.32 Å². The van der Waals surface area contributed by atoms with Crippen molar-refractivity contribution < 1.29 is 19.6 Å². The molecular weight excluding hydrogens is 690 g/mol. The first-order valence-electron chi connectivity index (χ1n) is 15.5. The highest BCUT2D eigenvalue weighted by molar-refractivity contribution is 7.96. The van der Waals surface area contributed by atoms with Crippen LogP contribution in [0.2, 0.25) is 10.0 Å². The van der Waals surface area contributed by atoms with Crippen molar-refractivity contribution in [1.82, 2.24) is 0 Å². The summed E-state index contributed by atoms with van der Waals surface area (Å²) < 4.78 is 0. The molecule has 0 aliphatic heterocycles. The van der Waals surface area contributed by atoms with E-state index in [4.69, 9.17) is 23.2 Å². The van der Waals surface area contributed by atoms with Gasteiger partial charge in [-0.15, -0.1) is 0 Å². The van der Waals surface area contributed by atoms with Crippen molar-refractivity contribution in [3.8, 4) is 5.75 Å². The number of nitro groups is 1. The predicted molar refractivity (Wildman–Crippen MR) is 204 cm³/mol. The number of hydrogen-bond donors (Lipinski definition) is 2. The molecule has 0 aliphatic rings. The number of rotatable bonds is 10. The normalized spacial score (nSPS) is 11.1. The van der Waals surface area contributed by atoms with Crippen LogP contribution in [0.4, 0.5) is 11.4 Å². The molecule has 0 spiro atoms. The van der Waals surface area contributed by atoms with Crippen LogP contribution in [0, 0.1) is 10.1 Å². The minimum atomic E-state index is -2.96. The monoisotopic (exact) mass is 718 g/mol. The SMILES string of the molecule is O=C(C(Cc1cc(Cl)cc(C(=O)Nc2ccc([N+](=O)[O-])cc2Cl)c1O)=P(c1ccccc1)(c1ccccc1)c1ccccc1)c1ccccc1. The lowest BCUT2D eigenvalue weighted by Gasteiger charge is -2.33. The van der Waals surface area contributed by atoms with E-state index >= 15 is 4.79 Å². The molecule has 50 heavy (non-hydrogen) atoms. The quantitative estimate of drug-likeness (QED) is 0.0640. The molecule has 0 radical (unpaired) electrons. The fourth-order valence-corrected chi connectivity index (χ4v) is 11.0. The number of carbonyl (C=O) groups excluding carboxylic acids is 2. The maximum atomic E-state index is 15.0. The lowest BCUT2D eigenvalue weighted by molar-refractivity contribution is -0.384. The van der Waals surface area contributed by atoms with Crippen LogP contribution in [0.25, 0.3) is 0 Å². The van der Waals surface area contributed by atoms with E-state index < -0.39 is 17.7 Å². The lowest BCUT2D eigenvalue weighted by atomic mass is 9.99. The van der Waals surface area contributed by atoms with E-state index in [-0.39, 0.29) is 50.5 Å². The van der Waals surface area contributed by atoms with Crippen LogP contribution in [0.15, 0.2) is 152 Å². The molecule has 6 rings (SSSR count). The topological polar surface area (TPSA) is 110 Å². The molecular formula is C40H29Cl2N2O5P. The first-order valence-corrected chi connectivity index (χ1v) is 18.0. The number of ketones is 1. The summed E-state index contributed by atoms with van der Waals surface area (Å²) in [5, 5.41) is 29.0. The summed E-state index contributed by atoms with van der Waals surface area (Å²) in [6.07, 6.45) is -0.0504. The number of halogens is 2. The third-order valence-electron chi connectivity index (χ3n) is 8.30. The summed E-state index contributed by atoms with van der Waals surface area (Å²) in [6, 6.07) is 45.1. The number of anilines is 1. The number of amides is 1. The zero-order chi connectivity index (χ0) is 35.3. The zero-order valence-electron chi connectivity index (χ0n) is 26.4. The van der Waals surface area contributed by atoms with Gasteiger partial charge < -0.3 is 10.4 Å². The molecule has 248 valence electrons. The van der Waals surface area contributed by atoms with E-state index in [0.717, 1.165) is 22.0 Å². The van der Waals surface area contributed by atoms with Crippen LogP contribution in [0.1, 0.15) is 26.3 Å². The van der Waals surface area contributed by atoms with Crippen LogP contribution >= 0.6 is 30.1 Å². The molecule has 0 bridgehead atoms. The maximum absolute atomic E-state index is 15.0. The number of nitro benzene ring substituents is 1. The Bertz CT molecular complexity index is 2160. The van der Waals surface area contributed by atoms with Crippen molar-refractivity contribution in [1.29, 1.82) is 0 Å². The Morgan fingerprint density at radius 3 is 1.68 bits per heavy atom. The Morgan fingerprint density at radius 1 is 0.700 bits per heavy atom. The summed E-state index contributed by atoms with van der Waals surface area (Å²) >= 11 is 12.9. The minimum absolute atomic E-state index is 0.0504. The first kappa shape index (κ1) is 34.4. The smallest absolute Gasteiger partial charge is 0.271 e. The number of phenolic OH excluding ortho intramolecular Hbond substituents is 1. The average molecular weight is 720 g/mol. The minimum Gasteiger partial charge on any atom is -0.507 e. The first-order chi connectivity index (χ1) is 24.2. The van der Waals surface area contributed by atoms with Crippen LogP contribution in [0.5, 0.6) is 5.75 Å². The third kappa shape index (κ3) is 6.85. The molecule has 0 aromatic heterocycles. The summed E-state index contributed by atoms with van der Waals surface area (Å²) in [4.78, 5) is 39.2. The highest BCUT2D eigenvalue weighted by atomic mass is 35.5. The summed E-state index contributed by atoms with van der Waals surface area (Å²) in [5.74, 6) is -1.32. The highest BCUT2D eigenvalue weighted by Crippen LogP contribution is 2.48. The third-order valence-corrected chi connectivity index (χ3v) is 13.2. The van der Waals surface area contributed by atoms with Crippen LogP contribution in [0.3, 0.4) is 0 Å². The number of aromatic hydroxyl groups is 1. The van der Waals surface area contributed by atoms with Gasteiger partial charge in [-0.1, -0.05) is 145 Å². The van der Waals surface area contributed by atoms with Crippen LogP contribution in [-0.2, 0) is 6.42 Å². The number of nitrogens with zero attached hydrogens (tertiary/aromatic N) is 1. The Labute approximate surface area is 298 Å². The van der Waals surface area contributed by atoms with Crippen molar-refractivity contribution in [3.05, 3.63) is 189 Å². The van der Waals surface area contributed by atoms with Gasteiger partial charge in [0.1, 0.15) is 5.75 Å². The predicted octanol–water partition coefficient (Wildman–Crippen LogP) is 8.45. The van der Waals surface area contributed by atoms with Gasteiger partial charge in [0.05, 0.1) is 21.2 Å². The van der Waals surface area contributed by atoms with E-state index in [1.54, 1.807) is 30.3 Å². The molecule has 0 saturated carbocycles. The molecule has 0 saturated heterocycles. The summed E-state index contributed by atoms with van der Waals surface area (Å²) in [7, 11) is 0. The molecule has 2 N–H and O–H groups in total. The van der Waals surface area contributed by atoms with Crippen molar-refractivity contribution in [2.24, 2.45) is 0 Å². The molecule has 0 unspecified atom stereocenters. The van der Waals surface area contributed by atoms with Crippen molar-refractivity contribution >= 4 is 74.4 Å². The van der Waals surface area contributed by atoms with E-state index in [0.29, 0.717) is 10.9 Å². The van der Waals surface area contributed by atoms with E-state index in [9.17, 15) is 20.0 Å².